The van der Waals surface area contributed by atoms with Crippen molar-refractivity contribution < 1.29 is 56.3 Å². The summed E-state index contributed by atoms with van der Waals surface area (Å²) in [5.41, 5.74) is 0. The van der Waals surface area contributed by atoms with Gasteiger partial charge in [0.1, 0.15) is 0 Å². The molecule has 0 bridgehead atoms. The van der Waals surface area contributed by atoms with Gasteiger partial charge in [0, 0.05) is 26.2 Å². The number of aliphatic hydroxyl groups excluding tert-OH is 1. The van der Waals surface area contributed by atoms with Gasteiger partial charge >= 0.3 is 12.4 Å². The standard InChI is InChI=1S/C5H2F6O2.Ir/c6-4(7,8)2(12)1-3(13)5(9,10)11;/h1,12H;/b2-1-;. The van der Waals surface area contributed by atoms with Crippen LogP contribution in [0.5, 0.6) is 0 Å². The van der Waals surface area contributed by atoms with Crippen LogP contribution in [0, 0.1) is 0 Å². The van der Waals surface area contributed by atoms with Gasteiger partial charge in [0.25, 0.3) is 5.78 Å². The average Bonchev–Trinajstić information content (AvgIpc) is 1.82. The van der Waals surface area contributed by atoms with E-state index in [9.17, 15) is 31.1 Å². The molecule has 85 valence electrons. The summed E-state index contributed by atoms with van der Waals surface area (Å²) in [4.78, 5) is 9.86. The van der Waals surface area contributed by atoms with Crippen LogP contribution < -0.4 is 0 Å². The summed E-state index contributed by atoms with van der Waals surface area (Å²) in [6.45, 7) is 0. The summed E-state index contributed by atoms with van der Waals surface area (Å²) in [5.74, 6) is -5.34. The Morgan fingerprint density at radius 3 is 1.57 bits per heavy atom. The van der Waals surface area contributed by atoms with Gasteiger partial charge in [0.05, 0.1) is 0 Å². The number of carbonyl (C=O) groups excluding carboxylic acids is 1. The minimum Gasteiger partial charge on any atom is -0.504 e. The van der Waals surface area contributed by atoms with Crippen LogP contribution in [0.1, 0.15) is 0 Å². The summed E-state index contributed by atoms with van der Waals surface area (Å²) < 4.78 is 68.1. The molecule has 0 heterocycles. The van der Waals surface area contributed by atoms with Gasteiger partial charge in [-0.3, -0.25) is 4.79 Å². The Hall–Kier alpha value is -0.561. The fraction of sp³-hybridized carbons (Fsp3) is 0.400. The molecule has 0 aliphatic rings. The molecular formula is C5H2F6IrO2. The monoisotopic (exact) mass is 401 g/mol. The molecule has 14 heavy (non-hydrogen) atoms. The molecule has 0 rings (SSSR count). The third kappa shape index (κ3) is 5.23. The SMILES string of the molecule is O=C(/C=C(\O)C(F)(F)F)C(F)(F)F.[Ir]. The Bertz CT molecular complexity index is 240. The molecule has 0 aromatic heterocycles. The third-order valence-corrected chi connectivity index (χ3v) is 0.838. The first-order chi connectivity index (χ1) is 5.55. The number of rotatable bonds is 1. The molecule has 2 nitrogen and oxygen atoms in total. The molecule has 9 heteroatoms. The van der Waals surface area contributed by atoms with E-state index in [0.717, 1.165) is 0 Å². The number of halogens is 6. The van der Waals surface area contributed by atoms with Crippen molar-refractivity contribution in [2.75, 3.05) is 0 Å². The van der Waals surface area contributed by atoms with Crippen molar-refractivity contribution in [1.29, 1.82) is 0 Å². The van der Waals surface area contributed by atoms with Gasteiger partial charge in [-0.1, -0.05) is 0 Å². The van der Waals surface area contributed by atoms with E-state index < -0.39 is 30.0 Å². The largest absolute Gasteiger partial charge is 0.504 e. The maximum atomic E-state index is 11.4. The molecule has 0 aromatic carbocycles. The second kappa shape index (κ2) is 4.79. The topological polar surface area (TPSA) is 37.3 Å². The number of hydrogen-bond donors (Lipinski definition) is 1. The number of allylic oxidation sites excluding steroid dienone is 2. The van der Waals surface area contributed by atoms with E-state index in [-0.39, 0.29) is 20.1 Å². The van der Waals surface area contributed by atoms with Crippen molar-refractivity contribution in [2.45, 2.75) is 12.4 Å². The molecule has 0 unspecified atom stereocenters. The van der Waals surface area contributed by atoms with Crippen molar-refractivity contribution in [3.05, 3.63) is 11.8 Å². The predicted molar refractivity (Wildman–Crippen MR) is 27.8 cm³/mol. The molecular weight excluding hydrogens is 398 g/mol. The zero-order chi connectivity index (χ0) is 10.9. The molecule has 0 aromatic rings. The molecule has 0 amide bonds. The van der Waals surface area contributed by atoms with E-state index in [1.807, 2.05) is 0 Å². The maximum Gasteiger partial charge on any atom is 0.454 e. The number of carbonyl (C=O) groups is 1. The van der Waals surface area contributed by atoms with Gasteiger partial charge in [-0.05, 0) is 0 Å². The smallest absolute Gasteiger partial charge is 0.454 e. The minimum atomic E-state index is -5.42. The molecule has 1 N–H and O–H groups in total. The quantitative estimate of drug-likeness (QED) is 0.416. The number of aliphatic hydroxyl groups is 1. The van der Waals surface area contributed by atoms with Crippen LogP contribution in [0.15, 0.2) is 11.8 Å². The van der Waals surface area contributed by atoms with Gasteiger partial charge in [-0.25, -0.2) is 0 Å². The molecule has 0 fully saturated rings. The minimum absolute atomic E-state index is 0. The van der Waals surface area contributed by atoms with Crippen molar-refractivity contribution in [3.8, 4) is 0 Å². The third-order valence-electron chi connectivity index (χ3n) is 0.838. The van der Waals surface area contributed by atoms with E-state index in [4.69, 9.17) is 5.11 Å². The predicted octanol–water partition coefficient (Wildman–Crippen LogP) is 2.12. The van der Waals surface area contributed by atoms with Crippen molar-refractivity contribution in [1.82, 2.24) is 0 Å². The fourth-order valence-corrected chi connectivity index (χ4v) is 0.288. The summed E-state index contributed by atoms with van der Waals surface area (Å²) in [5, 5.41) is 7.93. The molecule has 0 aliphatic carbocycles. The van der Waals surface area contributed by atoms with Crippen molar-refractivity contribution in [3.63, 3.8) is 0 Å². The molecule has 0 aliphatic heterocycles. The summed E-state index contributed by atoms with van der Waals surface area (Å²) in [6.07, 6.45) is -11.7. The van der Waals surface area contributed by atoms with Crippen LogP contribution in [0.2, 0.25) is 0 Å². The van der Waals surface area contributed by atoms with E-state index in [1.54, 1.807) is 0 Å². The van der Waals surface area contributed by atoms with Crippen molar-refractivity contribution >= 4 is 5.78 Å². The van der Waals surface area contributed by atoms with Crippen molar-refractivity contribution in [2.24, 2.45) is 0 Å². The zero-order valence-corrected chi connectivity index (χ0v) is 8.43. The molecule has 0 atom stereocenters. The fourth-order valence-electron chi connectivity index (χ4n) is 0.288. The molecule has 1 radical (unpaired) electrons. The van der Waals surface area contributed by atoms with E-state index in [2.05, 4.69) is 0 Å². The first-order valence-corrected chi connectivity index (χ1v) is 2.64. The van der Waals surface area contributed by atoms with Gasteiger partial charge < -0.3 is 5.11 Å². The van der Waals surface area contributed by atoms with E-state index in [0.29, 0.717) is 0 Å². The zero-order valence-electron chi connectivity index (χ0n) is 6.03. The molecule has 0 saturated carbocycles. The first kappa shape index (κ1) is 15.9. The second-order valence-electron chi connectivity index (χ2n) is 1.89. The van der Waals surface area contributed by atoms with Crippen LogP contribution in [-0.4, -0.2) is 23.2 Å². The summed E-state index contributed by atoms with van der Waals surface area (Å²) in [7, 11) is 0. The maximum absolute atomic E-state index is 11.4. The van der Waals surface area contributed by atoms with Crippen LogP contribution in [0.25, 0.3) is 0 Å². The van der Waals surface area contributed by atoms with Crippen LogP contribution >= 0.6 is 0 Å². The molecule has 0 spiro atoms. The van der Waals surface area contributed by atoms with Gasteiger partial charge in [-0.2, -0.15) is 26.3 Å². The van der Waals surface area contributed by atoms with Crippen LogP contribution in [0.4, 0.5) is 26.3 Å². The Morgan fingerprint density at radius 1 is 1.00 bits per heavy atom. The Morgan fingerprint density at radius 2 is 1.36 bits per heavy atom. The molecule has 0 saturated heterocycles. The Kier molecular flexibility index (Phi) is 5.43. The summed E-state index contributed by atoms with van der Waals surface area (Å²) >= 11 is 0. The first-order valence-electron chi connectivity index (χ1n) is 2.64. The van der Waals surface area contributed by atoms with E-state index in [1.165, 1.54) is 0 Å². The number of alkyl halides is 6. The Balaban J connectivity index is 0. The number of hydrogen-bond acceptors (Lipinski definition) is 2. The average molecular weight is 400 g/mol. The van der Waals surface area contributed by atoms with Gasteiger partial charge in [0.15, 0.2) is 0 Å². The summed E-state index contributed by atoms with van der Waals surface area (Å²) in [6, 6.07) is 0. The van der Waals surface area contributed by atoms with Gasteiger partial charge in [0.2, 0.25) is 5.76 Å². The normalized spacial score (nSPS) is 13.4. The second-order valence-corrected chi connectivity index (χ2v) is 1.89. The van der Waals surface area contributed by atoms with Crippen LogP contribution in [-0.2, 0) is 24.9 Å². The van der Waals surface area contributed by atoms with Crippen LogP contribution in [0.3, 0.4) is 0 Å². The van der Waals surface area contributed by atoms with Gasteiger partial charge in [-0.15, -0.1) is 0 Å². The number of ketones is 1. The van der Waals surface area contributed by atoms with E-state index >= 15 is 0 Å². The Labute approximate surface area is 86.9 Å².